The zero-order valence-electron chi connectivity index (χ0n) is 8.54. The summed E-state index contributed by atoms with van der Waals surface area (Å²) in [5.41, 5.74) is 0. The van der Waals surface area contributed by atoms with Gasteiger partial charge < -0.3 is 4.74 Å². The Kier molecular flexibility index (Phi) is 2.92. The van der Waals surface area contributed by atoms with Gasteiger partial charge in [0, 0.05) is 0 Å². The van der Waals surface area contributed by atoms with Crippen molar-refractivity contribution in [3.8, 4) is 5.75 Å². The molecule has 0 aliphatic carbocycles. The molecule has 90 valence electrons. The van der Waals surface area contributed by atoms with Crippen LogP contribution in [-0.4, -0.2) is 12.5 Å². The Morgan fingerprint density at radius 2 is 1.59 bits per heavy atom. The van der Waals surface area contributed by atoms with Gasteiger partial charge in [-0.25, -0.2) is 0 Å². The van der Waals surface area contributed by atoms with Crippen LogP contribution < -0.4 is 4.74 Å². The molecular formula is C12H8F4O. The number of alkyl halides is 4. The summed E-state index contributed by atoms with van der Waals surface area (Å²) in [6, 6.07) is 11.0. The maximum atomic E-state index is 12.7. The molecule has 0 aromatic heterocycles. The standard InChI is InChI=1S/C12H8F4O/c13-11(14)12(15,16)17-10-6-5-8-3-1-2-4-9(8)7-10/h1-7,11H. The van der Waals surface area contributed by atoms with Gasteiger partial charge in [-0.2, -0.15) is 17.6 Å². The zero-order valence-corrected chi connectivity index (χ0v) is 8.54. The van der Waals surface area contributed by atoms with E-state index in [2.05, 4.69) is 4.74 Å². The van der Waals surface area contributed by atoms with Crippen LogP contribution in [0.4, 0.5) is 17.6 Å². The maximum Gasteiger partial charge on any atom is 0.461 e. The number of hydrogen-bond acceptors (Lipinski definition) is 1. The molecule has 2 rings (SSSR count). The quantitative estimate of drug-likeness (QED) is 0.739. The fourth-order valence-electron chi connectivity index (χ4n) is 1.43. The third-order valence-electron chi connectivity index (χ3n) is 2.23. The largest absolute Gasteiger partial charge is 0.461 e. The minimum Gasteiger partial charge on any atom is -0.428 e. The molecule has 2 aromatic carbocycles. The van der Waals surface area contributed by atoms with Gasteiger partial charge in [-0.05, 0) is 22.9 Å². The Hall–Kier alpha value is -1.78. The lowest BCUT2D eigenvalue weighted by molar-refractivity contribution is -0.253. The zero-order chi connectivity index (χ0) is 12.5. The summed E-state index contributed by atoms with van der Waals surface area (Å²) in [6.45, 7) is 0. The molecule has 1 nitrogen and oxygen atoms in total. The van der Waals surface area contributed by atoms with Gasteiger partial charge in [0.1, 0.15) is 5.75 Å². The number of rotatable bonds is 3. The van der Waals surface area contributed by atoms with Crippen LogP contribution in [0.1, 0.15) is 0 Å². The summed E-state index contributed by atoms with van der Waals surface area (Å²) >= 11 is 0. The smallest absolute Gasteiger partial charge is 0.428 e. The van der Waals surface area contributed by atoms with Crippen LogP contribution in [0, 0.1) is 0 Å². The number of ether oxygens (including phenoxy) is 1. The van der Waals surface area contributed by atoms with Crippen LogP contribution in [0.25, 0.3) is 10.8 Å². The van der Waals surface area contributed by atoms with Crippen LogP contribution >= 0.6 is 0 Å². The Balaban J connectivity index is 2.31. The van der Waals surface area contributed by atoms with Gasteiger partial charge in [0.25, 0.3) is 0 Å². The van der Waals surface area contributed by atoms with Crippen molar-refractivity contribution in [2.75, 3.05) is 0 Å². The lowest BCUT2D eigenvalue weighted by atomic mass is 10.1. The molecule has 0 aliphatic heterocycles. The minimum atomic E-state index is -4.47. The summed E-state index contributed by atoms with van der Waals surface area (Å²) < 4.78 is 53.2. The van der Waals surface area contributed by atoms with Crippen LogP contribution in [0.2, 0.25) is 0 Å². The first-order chi connectivity index (χ1) is 7.99. The van der Waals surface area contributed by atoms with Gasteiger partial charge in [0.2, 0.25) is 0 Å². The number of benzene rings is 2. The molecular weight excluding hydrogens is 236 g/mol. The lowest BCUT2D eigenvalue weighted by Gasteiger charge is -2.16. The van der Waals surface area contributed by atoms with Crippen molar-refractivity contribution in [3.05, 3.63) is 42.5 Å². The fourth-order valence-corrected chi connectivity index (χ4v) is 1.43. The maximum absolute atomic E-state index is 12.7. The van der Waals surface area contributed by atoms with E-state index in [-0.39, 0.29) is 5.75 Å². The molecule has 0 radical (unpaired) electrons. The average molecular weight is 244 g/mol. The van der Waals surface area contributed by atoms with E-state index in [0.29, 0.717) is 5.39 Å². The van der Waals surface area contributed by atoms with Crippen molar-refractivity contribution in [3.63, 3.8) is 0 Å². The summed E-state index contributed by atoms with van der Waals surface area (Å²) in [7, 11) is 0. The molecule has 0 bridgehead atoms. The third kappa shape index (κ3) is 2.49. The molecule has 0 unspecified atom stereocenters. The predicted molar refractivity (Wildman–Crippen MR) is 55.5 cm³/mol. The van der Waals surface area contributed by atoms with Crippen molar-refractivity contribution in [1.29, 1.82) is 0 Å². The molecule has 0 spiro atoms. The summed E-state index contributed by atoms with van der Waals surface area (Å²) in [5, 5.41) is 1.47. The first kappa shape index (κ1) is 11.7. The SMILES string of the molecule is FC(F)C(F)(F)Oc1ccc2ccccc2c1. The number of hydrogen-bond donors (Lipinski definition) is 0. The van der Waals surface area contributed by atoms with E-state index >= 15 is 0 Å². The second kappa shape index (κ2) is 4.24. The van der Waals surface area contributed by atoms with Gasteiger partial charge in [0.15, 0.2) is 0 Å². The first-order valence-electron chi connectivity index (χ1n) is 4.83. The molecule has 0 saturated heterocycles. The van der Waals surface area contributed by atoms with Crippen molar-refractivity contribution in [1.82, 2.24) is 0 Å². The molecule has 0 amide bonds. The van der Waals surface area contributed by atoms with E-state index in [9.17, 15) is 17.6 Å². The number of halogens is 4. The normalized spacial score (nSPS) is 12.1. The average Bonchev–Trinajstić information content (AvgIpc) is 2.28. The van der Waals surface area contributed by atoms with E-state index in [1.807, 2.05) is 0 Å². The molecule has 2 aromatic rings. The first-order valence-corrected chi connectivity index (χ1v) is 4.83. The topological polar surface area (TPSA) is 9.23 Å². The van der Waals surface area contributed by atoms with E-state index in [1.54, 1.807) is 24.3 Å². The van der Waals surface area contributed by atoms with Crippen molar-refractivity contribution >= 4 is 10.8 Å². The second-order valence-electron chi connectivity index (χ2n) is 3.47. The van der Waals surface area contributed by atoms with Crippen molar-refractivity contribution < 1.29 is 22.3 Å². The predicted octanol–water partition coefficient (Wildman–Crippen LogP) is 4.08. The molecule has 0 saturated carbocycles. The Morgan fingerprint density at radius 1 is 0.941 bits per heavy atom. The van der Waals surface area contributed by atoms with Crippen LogP contribution in [0.3, 0.4) is 0 Å². The molecule has 0 fully saturated rings. The highest BCUT2D eigenvalue weighted by atomic mass is 19.3. The molecule has 0 atom stereocenters. The van der Waals surface area contributed by atoms with Gasteiger partial charge >= 0.3 is 12.5 Å². The summed E-state index contributed by atoms with van der Waals surface area (Å²) in [4.78, 5) is 0. The van der Waals surface area contributed by atoms with Crippen LogP contribution in [0.15, 0.2) is 42.5 Å². The number of fused-ring (bicyclic) bond motifs is 1. The fraction of sp³-hybridized carbons (Fsp3) is 0.167. The highest BCUT2D eigenvalue weighted by Gasteiger charge is 2.43. The highest BCUT2D eigenvalue weighted by Crippen LogP contribution is 2.29. The Labute approximate surface area is 94.6 Å². The molecule has 5 heteroatoms. The van der Waals surface area contributed by atoms with E-state index in [1.165, 1.54) is 18.2 Å². The second-order valence-corrected chi connectivity index (χ2v) is 3.47. The van der Waals surface area contributed by atoms with Gasteiger partial charge in [0.05, 0.1) is 0 Å². The van der Waals surface area contributed by atoms with Gasteiger partial charge in [-0.3, -0.25) is 0 Å². The molecule has 0 N–H and O–H groups in total. The molecule has 0 heterocycles. The van der Waals surface area contributed by atoms with Gasteiger partial charge in [-0.15, -0.1) is 0 Å². The Bertz CT molecular complexity index is 525. The lowest BCUT2D eigenvalue weighted by Crippen LogP contribution is -2.33. The van der Waals surface area contributed by atoms with E-state index in [0.717, 1.165) is 5.39 Å². The summed E-state index contributed by atoms with van der Waals surface area (Å²) in [5.74, 6) is -0.283. The minimum absolute atomic E-state index is 0.283. The third-order valence-corrected chi connectivity index (χ3v) is 2.23. The van der Waals surface area contributed by atoms with Crippen molar-refractivity contribution in [2.45, 2.75) is 12.5 Å². The molecule has 17 heavy (non-hydrogen) atoms. The van der Waals surface area contributed by atoms with Crippen molar-refractivity contribution in [2.24, 2.45) is 0 Å². The Morgan fingerprint density at radius 3 is 2.24 bits per heavy atom. The van der Waals surface area contributed by atoms with Crippen LogP contribution in [0.5, 0.6) is 5.75 Å². The molecule has 0 aliphatic rings. The monoisotopic (exact) mass is 244 g/mol. The summed E-state index contributed by atoms with van der Waals surface area (Å²) in [6.07, 6.45) is -8.32. The highest BCUT2D eigenvalue weighted by molar-refractivity contribution is 5.83. The van der Waals surface area contributed by atoms with E-state index < -0.39 is 12.5 Å². The van der Waals surface area contributed by atoms with E-state index in [4.69, 9.17) is 0 Å². The van der Waals surface area contributed by atoms with Gasteiger partial charge in [-0.1, -0.05) is 30.3 Å². The van der Waals surface area contributed by atoms with Crippen LogP contribution in [-0.2, 0) is 0 Å².